The highest BCUT2D eigenvalue weighted by atomic mass is 79.9. The van der Waals surface area contributed by atoms with Crippen LogP contribution in [-0.4, -0.2) is 37.4 Å². The molecule has 5 nitrogen and oxygen atoms in total. The van der Waals surface area contributed by atoms with Gasteiger partial charge in [0.25, 0.3) is 0 Å². The first-order valence-electron chi connectivity index (χ1n) is 5.40. The molecule has 0 aliphatic rings. The molecule has 0 heterocycles. The Kier molecular flexibility index (Phi) is 5.37. The fourth-order valence-corrected chi connectivity index (χ4v) is 3.60. The summed E-state index contributed by atoms with van der Waals surface area (Å²) in [5.41, 5.74) is 0.394. The number of hydrogen-bond donors (Lipinski definition) is 1. The smallest absolute Gasteiger partial charge is 0.337 e. The molecule has 1 aromatic carbocycles. The van der Waals surface area contributed by atoms with Crippen LogP contribution < -0.4 is 0 Å². The molecule has 0 unspecified atom stereocenters. The molecule has 0 fully saturated rings. The summed E-state index contributed by atoms with van der Waals surface area (Å²) in [5, 5.41) is 8.99. The number of nitrogens with zero attached hydrogens (tertiary/aromatic N) is 1. The van der Waals surface area contributed by atoms with Crippen molar-refractivity contribution in [3.8, 4) is 0 Å². The molecule has 0 aromatic heterocycles. The van der Waals surface area contributed by atoms with E-state index < -0.39 is 16.0 Å². The molecule has 0 amide bonds. The third kappa shape index (κ3) is 3.60. The van der Waals surface area contributed by atoms with E-state index in [4.69, 9.17) is 16.7 Å². The topological polar surface area (TPSA) is 74.7 Å². The minimum absolute atomic E-state index is 0.0426. The van der Waals surface area contributed by atoms with E-state index in [1.165, 1.54) is 13.1 Å². The maximum absolute atomic E-state index is 12.3. The van der Waals surface area contributed by atoms with Gasteiger partial charge in [0.1, 0.15) is 0 Å². The summed E-state index contributed by atoms with van der Waals surface area (Å²) >= 11 is 8.89. The van der Waals surface area contributed by atoms with Gasteiger partial charge in [-0.25, -0.2) is 13.2 Å². The molecule has 0 atom stereocenters. The fraction of sp³-hybridized carbons (Fsp3) is 0.250. The van der Waals surface area contributed by atoms with Crippen LogP contribution in [0.25, 0.3) is 0 Å². The maximum atomic E-state index is 12.3. The number of benzene rings is 1. The number of halogens is 2. The minimum Gasteiger partial charge on any atom is -0.478 e. The molecule has 110 valence electrons. The molecular weight excluding hydrogens is 370 g/mol. The lowest BCUT2D eigenvalue weighted by atomic mass is 10.2. The van der Waals surface area contributed by atoms with Gasteiger partial charge in [-0.2, -0.15) is 4.31 Å². The van der Waals surface area contributed by atoms with Crippen molar-refractivity contribution < 1.29 is 18.3 Å². The van der Waals surface area contributed by atoms with Crippen molar-refractivity contribution in [1.29, 1.82) is 0 Å². The molecule has 0 bridgehead atoms. The average molecular weight is 383 g/mol. The number of likely N-dealkylation sites (N-methyl/N-ethyl adjacent to an activating group) is 1. The predicted molar refractivity (Wildman–Crippen MR) is 80.7 cm³/mol. The van der Waals surface area contributed by atoms with Gasteiger partial charge in [0.15, 0.2) is 0 Å². The average Bonchev–Trinajstić information content (AvgIpc) is 2.30. The molecule has 0 aliphatic heterocycles. The van der Waals surface area contributed by atoms with Gasteiger partial charge in [0.05, 0.1) is 15.5 Å². The molecule has 8 heteroatoms. The van der Waals surface area contributed by atoms with Crippen LogP contribution in [0.1, 0.15) is 17.3 Å². The molecule has 1 N–H and O–H groups in total. The zero-order valence-electron chi connectivity index (χ0n) is 10.9. The lowest BCUT2D eigenvalue weighted by molar-refractivity contribution is 0.0696. The van der Waals surface area contributed by atoms with E-state index in [1.807, 2.05) is 0 Å². The summed E-state index contributed by atoms with van der Waals surface area (Å²) in [4.78, 5) is 10.9. The first kappa shape index (κ1) is 17.2. The Hall–Kier alpha value is -0.890. The van der Waals surface area contributed by atoms with Crippen LogP contribution in [0.2, 0.25) is 5.02 Å². The Morgan fingerprint density at radius 2 is 2.05 bits per heavy atom. The molecule has 0 spiro atoms. The number of carboxylic acids is 1. The van der Waals surface area contributed by atoms with Crippen LogP contribution in [-0.2, 0) is 10.0 Å². The van der Waals surface area contributed by atoms with E-state index in [0.717, 1.165) is 10.4 Å². The standard InChI is InChI=1S/C12H13BrClNO4S/c1-7(2)6-15(3)20(18,19)8-4-9(12(16)17)11(14)10(13)5-8/h4-5H,1,6H2,2-3H3,(H,16,17). The summed E-state index contributed by atoms with van der Waals surface area (Å²) < 4.78 is 26.0. The van der Waals surface area contributed by atoms with Crippen molar-refractivity contribution in [3.05, 3.63) is 39.3 Å². The van der Waals surface area contributed by atoms with Crippen molar-refractivity contribution in [2.75, 3.05) is 13.6 Å². The van der Waals surface area contributed by atoms with Gasteiger partial charge in [0.2, 0.25) is 10.0 Å². The summed E-state index contributed by atoms with van der Waals surface area (Å²) in [6, 6.07) is 2.32. The normalized spacial score (nSPS) is 11.7. The van der Waals surface area contributed by atoms with E-state index in [2.05, 4.69) is 22.5 Å². The Morgan fingerprint density at radius 1 is 1.50 bits per heavy atom. The van der Waals surface area contributed by atoms with Crippen molar-refractivity contribution >= 4 is 43.5 Å². The van der Waals surface area contributed by atoms with Crippen LogP contribution in [0, 0.1) is 0 Å². The van der Waals surface area contributed by atoms with Gasteiger partial charge in [0, 0.05) is 18.1 Å². The van der Waals surface area contributed by atoms with Crippen LogP contribution >= 0.6 is 27.5 Å². The van der Waals surface area contributed by atoms with E-state index in [1.54, 1.807) is 6.92 Å². The number of carboxylic acid groups (broad SMARTS) is 1. The van der Waals surface area contributed by atoms with Gasteiger partial charge in [-0.1, -0.05) is 23.8 Å². The van der Waals surface area contributed by atoms with Gasteiger partial charge >= 0.3 is 5.97 Å². The number of sulfonamides is 1. The lowest BCUT2D eigenvalue weighted by Gasteiger charge is -2.18. The highest BCUT2D eigenvalue weighted by Crippen LogP contribution is 2.31. The first-order chi connectivity index (χ1) is 9.07. The van der Waals surface area contributed by atoms with Crippen molar-refractivity contribution in [2.45, 2.75) is 11.8 Å². The number of carbonyl (C=O) groups is 1. The highest BCUT2D eigenvalue weighted by molar-refractivity contribution is 9.10. The molecule has 0 radical (unpaired) electrons. The zero-order valence-corrected chi connectivity index (χ0v) is 14.0. The van der Waals surface area contributed by atoms with Crippen LogP contribution in [0.15, 0.2) is 33.7 Å². The second-order valence-corrected chi connectivity index (χ2v) is 7.57. The van der Waals surface area contributed by atoms with E-state index in [0.29, 0.717) is 5.57 Å². The lowest BCUT2D eigenvalue weighted by Crippen LogP contribution is -2.28. The van der Waals surface area contributed by atoms with Crippen molar-refractivity contribution in [2.24, 2.45) is 0 Å². The van der Waals surface area contributed by atoms with E-state index >= 15 is 0 Å². The summed E-state index contributed by atoms with van der Waals surface area (Å²) in [6.45, 7) is 5.49. The van der Waals surface area contributed by atoms with Crippen molar-refractivity contribution in [1.82, 2.24) is 4.31 Å². The maximum Gasteiger partial charge on any atom is 0.337 e. The van der Waals surface area contributed by atoms with Gasteiger partial charge in [-0.3, -0.25) is 0 Å². The largest absolute Gasteiger partial charge is 0.478 e. The SMILES string of the molecule is C=C(C)CN(C)S(=O)(=O)c1cc(Br)c(Cl)c(C(=O)O)c1. The molecule has 0 aliphatic carbocycles. The number of aromatic carboxylic acids is 1. The Bertz CT molecular complexity index is 672. The Labute approximate surface area is 131 Å². The monoisotopic (exact) mass is 381 g/mol. The molecular formula is C12H13BrClNO4S. The van der Waals surface area contributed by atoms with Gasteiger partial charge < -0.3 is 5.11 Å². The van der Waals surface area contributed by atoms with E-state index in [9.17, 15) is 13.2 Å². The van der Waals surface area contributed by atoms with Crippen LogP contribution in [0.5, 0.6) is 0 Å². The predicted octanol–water partition coefficient (Wildman–Crippen LogP) is 3.00. The third-order valence-electron chi connectivity index (χ3n) is 2.43. The Morgan fingerprint density at radius 3 is 2.50 bits per heavy atom. The van der Waals surface area contributed by atoms with Gasteiger partial charge in [-0.05, 0) is 35.0 Å². The summed E-state index contributed by atoms with van der Waals surface area (Å²) in [5.74, 6) is -1.30. The first-order valence-corrected chi connectivity index (χ1v) is 8.01. The van der Waals surface area contributed by atoms with Crippen LogP contribution in [0.4, 0.5) is 0 Å². The Balaban J connectivity index is 3.40. The molecule has 20 heavy (non-hydrogen) atoms. The molecule has 0 saturated heterocycles. The zero-order chi connectivity index (χ0) is 15.7. The quantitative estimate of drug-likeness (QED) is 0.794. The van der Waals surface area contributed by atoms with Crippen molar-refractivity contribution in [3.63, 3.8) is 0 Å². The summed E-state index contributed by atoms with van der Waals surface area (Å²) in [6.07, 6.45) is 0. The third-order valence-corrected chi connectivity index (χ3v) is 5.47. The number of rotatable bonds is 5. The summed E-state index contributed by atoms with van der Waals surface area (Å²) in [7, 11) is -2.41. The van der Waals surface area contributed by atoms with Crippen LogP contribution in [0.3, 0.4) is 0 Å². The second-order valence-electron chi connectivity index (χ2n) is 4.29. The minimum atomic E-state index is -3.81. The highest BCUT2D eigenvalue weighted by Gasteiger charge is 2.24. The van der Waals surface area contributed by atoms with Gasteiger partial charge in [-0.15, -0.1) is 0 Å². The molecule has 1 rings (SSSR count). The second kappa shape index (κ2) is 6.26. The van der Waals surface area contributed by atoms with E-state index in [-0.39, 0.29) is 26.5 Å². The number of hydrogen-bond acceptors (Lipinski definition) is 3. The molecule has 1 aromatic rings. The fourth-order valence-electron chi connectivity index (χ4n) is 1.51. The molecule has 0 saturated carbocycles.